The predicted octanol–water partition coefficient (Wildman–Crippen LogP) is 2.16. The summed E-state index contributed by atoms with van der Waals surface area (Å²) in [6.45, 7) is 10.0. The first-order valence-corrected chi connectivity index (χ1v) is 10.9. The standard InChI is InChI=1S/C22H31NO3/c1-4-23-17-12-9-13-20(3)7-6-14(26-19(20)23)22(13,17)16-15(24)11-5-8-21(12,16)18(25)10(11)2/h11-19,24-25H,2,4-9H2,1,3H3. The van der Waals surface area contributed by atoms with E-state index in [0.29, 0.717) is 17.9 Å². The molecule has 0 aromatic carbocycles. The van der Waals surface area contributed by atoms with E-state index in [1.807, 2.05) is 0 Å². The number of aliphatic hydroxyl groups excluding tert-OH is 2. The van der Waals surface area contributed by atoms with Gasteiger partial charge in [0.05, 0.1) is 18.3 Å². The van der Waals surface area contributed by atoms with E-state index in [0.717, 1.165) is 31.4 Å². The Kier molecular flexibility index (Phi) is 2.46. The van der Waals surface area contributed by atoms with Crippen molar-refractivity contribution in [1.29, 1.82) is 0 Å². The number of aliphatic hydroxyl groups is 2. The zero-order valence-corrected chi connectivity index (χ0v) is 15.9. The van der Waals surface area contributed by atoms with Crippen LogP contribution in [0.4, 0.5) is 0 Å². The van der Waals surface area contributed by atoms with Crippen LogP contribution in [-0.2, 0) is 4.74 Å². The Hall–Kier alpha value is -0.420. The number of hydrogen-bond donors (Lipinski definition) is 2. The quantitative estimate of drug-likeness (QED) is 0.706. The lowest BCUT2D eigenvalue weighted by atomic mass is 9.37. The molecule has 0 amide bonds. The van der Waals surface area contributed by atoms with Gasteiger partial charge in [-0.25, -0.2) is 0 Å². The Morgan fingerprint density at radius 2 is 2.08 bits per heavy atom. The van der Waals surface area contributed by atoms with Crippen molar-refractivity contribution in [3.8, 4) is 0 Å². The molecule has 4 aliphatic heterocycles. The molecule has 2 spiro atoms. The highest BCUT2D eigenvalue weighted by Crippen LogP contribution is 2.86. The van der Waals surface area contributed by atoms with Crippen molar-refractivity contribution in [3.63, 3.8) is 0 Å². The summed E-state index contributed by atoms with van der Waals surface area (Å²) in [5.41, 5.74) is 1.05. The molecule has 6 aliphatic carbocycles. The molecule has 12 unspecified atom stereocenters. The largest absolute Gasteiger partial charge is 0.392 e. The second kappa shape index (κ2) is 4.12. The van der Waals surface area contributed by atoms with Gasteiger partial charge in [0.2, 0.25) is 0 Å². The van der Waals surface area contributed by atoms with Crippen LogP contribution in [0.25, 0.3) is 0 Å². The van der Waals surface area contributed by atoms with Gasteiger partial charge in [-0.2, -0.15) is 0 Å². The molecule has 10 fully saturated rings. The monoisotopic (exact) mass is 357 g/mol. The Balaban J connectivity index is 1.53. The second-order valence-corrected chi connectivity index (χ2v) is 10.9. The van der Waals surface area contributed by atoms with Crippen molar-refractivity contribution < 1.29 is 14.9 Å². The molecular formula is C22H31NO3. The van der Waals surface area contributed by atoms with Gasteiger partial charge < -0.3 is 14.9 Å². The first-order valence-electron chi connectivity index (χ1n) is 10.9. The minimum atomic E-state index is -0.426. The third kappa shape index (κ3) is 1.12. The van der Waals surface area contributed by atoms with Gasteiger partial charge in [-0.3, -0.25) is 4.90 Å². The molecule has 2 N–H and O–H groups in total. The predicted molar refractivity (Wildman–Crippen MR) is 96.0 cm³/mol. The van der Waals surface area contributed by atoms with Crippen molar-refractivity contribution >= 4 is 0 Å². The Morgan fingerprint density at radius 1 is 1.27 bits per heavy atom. The summed E-state index contributed by atoms with van der Waals surface area (Å²) in [7, 11) is 0. The van der Waals surface area contributed by atoms with Crippen LogP contribution >= 0.6 is 0 Å². The SMILES string of the molecule is C=C1C2CCC3(C1O)C1CC4C5(C)CCC6OC5N(CC)C1C64C3C2O. The van der Waals surface area contributed by atoms with E-state index in [-0.39, 0.29) is 46.5 Å². The molecule has 0 aromatic heterocycles. The van der Waals surface area contributed by atoms with Crippen LogP contribution in [0.15, 0.2) is 12.2 Å². The smallest absolute Gasteiger partial charge is 0.116 e. The average molecular weight is 357 g/mol. The van der Waals surface area contributed by atoms with Crippen molar-refractivity contribution in [2.45, 2.75) is 76.5 Å². The van der Waals surface area contributed by atoms with Gasteiger partial charge in [-0.15, -0.1) is 0 Å². The lowest BCUT2D eigenvalue weighted by Gasteiger charge is -2.75. The fourth-order valence-electron chi connectivity index (χ4n) is 10.6. The van der Waals surface area contributed by atoms with E-state index in [2.05, 4.69) is 25.3 Å². The fourth-order valence-corrected chi connectivity index (χ4v) is 10.6. The first kappa shape index (κ1) is 15.5. The third-order valence-corrected chi connectivity index (χ3v) is 11.0. The normalized spacial score (nSPS) is 69.5. The van der Waals surface area contributed by atoms with Gasteiger partial charge in [0, 0.05) is 34.1 Å². The number of hydrogen-bond acceptors (Lipinski definition) is 4. The summed E-state index contributed by atoms with van der Waals surface area (Å²) in [6, 6.07) is 0.494. The van der Waals surface area contributed by atoms with Gasteiger partial charge in [0.15, 0.2) is 0 Å². The van der Waals surface area contributed by atoms with Crippen molar-refractivity contribution in [3.05, 3.63) is 12.2 Å². The van der Waals surface area contributed by atoms with Crippen molar-refractivity contribution in [2.24, 2.45) is 39.9 Å². The molecule has 12 atom stereocenters. The lowest BCUT2D eigenvalue weighted by molar-refractivity contribution is -0.380. The van der Waals surface area contributed by atoms with Gasteiger partial charge in [-0.05, 0) is 56.1 Å². The molecule has 10 rings (SSSR count). The molecule has 10 aliphatic rings. The maximum Gasteiger partial charge on any atom is 0.116 e. The van der Waals surface area contributed by atoms with Crippen LogP contribution in [-0.4, -0.2) is 52.2 Å². The van der Waals surface area contributed by atoms with E-state index in [1.165, 1.54) is 12.8 Å². The zero-order valence-electron chi connectivity index (χ0n) is 15.9. The average Bonchev–Trinajstić information content (AvgIpc) is 3.09. The number of piperidine rings is 1. The summed E-state index contributed by atoms with van der Waals surface area (Å²) >= 11 is 0. The summed E-state index contributed by atoms with van der Waals surface area (Å²) in [5.74, 6) is 1.44. The molecule has 4 heterocycles. The highest BCUT2D eigenvalue weighted by Gasteiger charge is 2.89. The minimum Gasteiger partial charge on any atom is -0.392 e. The van der Waals surface area contributed by atoms with Crippen LogP contribution in [0.1, 0.15) is 46.0 Å². The molecule has 4 nitrogen and oxygen atoms in total. The molecular weight excluding hydrogens is 326 g/mol. The van der Waals surface area contributed by atoms with E-state index in [1.54, 1.807) is 0 Å². The number of nitrogens with zero attached hydrogens (tertiary/aromatic N) is 1. The minimum absolute atomic E-state index is 0.0577. The van der Waals surface area contributed by atoms with Gasteiger partial charge >= 0.3 is 0 Å². The summed E-state index contributed by atoms with van der Waals surface area (Å²) in [4.78, 5) is 2.66. The Bertz CT molecular complexity index is 739. The Morgan fingerprint density at radius 3 is 2.85 bits per heavy atom. The fraction of sp³-hybridized carbons (Fsp3) is 0.909. The summed E-state index contributed by atoms with van der Waals surface area (Å²) in [6.07, 6.45) is 5.49. The maximum atomic E-state index is 11.6. The van der Waals surface area contributed by atoms with Crippen LogP contribution < -0.4 is 0 Å². The number of ether oxygens (including phenoxy) is 1. The molecule has 26 heavy (non-hydrogen) atoms. The topological polar surface area (TPSA) is 52.9 Å². The van der Waals surface area contributed by atoms with Crippen LogP contribution in [0, 0.1) is 39.9 Å². The number of fused-ring (bicyclic) bond motifs is 3. The van der Waals surface area contributed by atoms with Crippen LogP contribution in [0.3, 0.4) is 0 Å². The molecule has 4 saturated heterocycles. The van der Waals surface area contributed by atoms with Gasteiger partial charge in [0.25, 0.3) is 0 Å². The highest BCUT2D eigenvalue weighted by atomic mass is 16.5. The molecule has 142 valence electrons. The molecule has 6 saturated carbocycles. The van der Waals surface area contributed by atoms with Gasteiger partial charge in [-0.1, -0.05) is 20.4 Å². The lowest BCUT2D eigenvalue weighted by Crippen LogP contribution is -2.80. The van der Waals surface area contributed by atoms with Gasteiger partial charge in [0.1, 0.15) is 6.23 Å². The zero-order chi connectivity index (χ0) is 17.8. The number of rotatable bonds is 1. The Labute approximate surface area is 155 Å². The summed E-state index contributed by atoms with van der Waals surface area (Å²) in [5, 5.41) is 23.0. The van der Waals surface area contributed by atoms with Crippen molar-refractivity contribution in [2.75, 3.05) is 6.54 Å². The molecule has 0 radical (unpaired) electrons. The first-order chi connectivity index (χ1) is 12.4. The molecule has 4 heteroatoms. The molecule has 9 bridgehead atoms. The van der Waals surface area contributed by atoms with Crippen molar-refractivity contribution in [1.82, 2.24) is 4.90 Å². The summed E-state index contributed by atoms with van der Waals surface area (Å²) < 4.78 is 6.77. The third-order valence-electron chi connectivity index (χ3n) is 11.0. The van der Waals surface area contributed by atoms with E-state index in [4.69, 9.17) is 4.74 Å². The van der Waals surface area contributed by atoms with E-state index < -0.39 is 6.10 Å². The van der Waals surface area contributed by atoms with Crippen LogP contribution in [0.5, 0.6) is 0 Å². The molecule has 0 aromatic rings. The van der Waals surface area contributed by atoms with Crippen LogP contribution in [0.2, 0.25) is 0 Å². The second-order valence-electron chi connectivity index (χ2n) is 10.9. The van der Waals surface area contributed by atoms with E-state index >= 15 is 0 Å². The maximum absolute atomic E-state index is 11.6. The van der Waals surface area contributed by atoms with E-state index in [9.17, 15) is 10.2 Å². The highest BCUT2D eigenvalue weighted by molar-refractivity contribution is 5.41.